The van der Waals surface area contributed by atoms with E-state index < -0.39 is 36.4 Å². The van der Waals surface area contributed by atoms with Crippen molar-refractivity contribution in [1.82, 2.24) is 14.8 Å². The first-order valence-electron chi connectivity index (χ1n) is 10.6. The summed E-state index contributed by atoms with van der Waals surface area (Å²) in [4.78, 5) is 43.5. The molecule has 8 nitrogen and oxygen atoms in total. The van der Waals surface area contributed by atoms with Crippen LogP contribution in [-0.4, -0.2) is 65.2 Å². The van der Waals surface area contributed by atoms with Crippen molar-refractivity contribution in [3.05, 3.63) is 30.0 Å². The lowest BCUT2D eigenvalue weighted by molar-refractivity contribution is -0.136. The van der Waals surface area contributed by atoms with E-state index in [0.717, 1.165) is 6.29 Å². The number of likely N-dealkylation sites (tertiary alicyclic amines) is 1. The number of fused-ring (bicyclic) bond motifs is 1. The van der Waals surface area contributed by atoms with Gasteiger partial charge in [0.1, 0.15) is 29.8 Å². The zero-order valence-corrected chi connectivity index (χ0v) is 18.6. The number of hydrogen-bond acceptors (Lipinski definition) is 5. The van der Waals surface area contributed by atoms with Crippen LogP contribution >= 0.6 is 0 Å². The molecule has 1 saturated heterocycles. The molecule has 0 radical (unpaired) electrons. The summed E-state index contributed by atoms with van der Waals surface area (Å²) in [5.74, 6) is -1.32. The lowest BCUT2D eigenvalue weighted by Crippen LogP contribution is -2.51. The summed E-state index contributed by atoms with van der Waals surface area (Å²) >= 11 is 0. The van der Waals surface area contributed by atoms with Crippen LogP contribution in [0.2, 0.25) is 0 Å². The van der Waals surface area contributed by atoms with Crippen LogP contribution in [0.15, 0.2) is 24.3 Å². The van der Waals surface area contributed by atoms with E-state index in [-0.39, 0.29) is 30.3 Å². The largest absolute Gasteiger partial charge is 0.434 e. The minimum atomic E-state index is -3.01. The molecule has 1 aliphatic heterocycles. The van der Waals surface area contributed by atoms with Crippen molar-refractivity contribution in [2.75, 3.05) is 13.6 Å². The van der Waals surface area contributed by atoms with Crippen LogP contribution in [-0.2, 0) is 9.59 Å². The van der Waals surface area contributed by atoms with Gasteiger partial charge in [-0.3, -0.25) is 9.59 Å². The highest BCUT2D eigenvalue weighted by Gasteiger charge is 2.40. The maximum atomic E-state index is 13.4. The number of ether oxygens (including phenoxy) is 1. The van der Waals surface area contributed by atoms with Gasteiger partial charge in [-0.2, -0.15) is 14.0 Å². The molecule has 1 N–H and O–H groups in total. The first-order valence-corrected chi connectivity index (χ1v) is 10.6. The Morgan fingerprint density at radius 3 is 2.73 bits per heavy atom. The van der Waals surface area contributed by atoms with Crippen LogP contribution in [0.1, 0.15) is 37.2 Å². The quantitative estimate of drug-likeness (QED) is 0.609. The van der Waals surface area contributed by atoms with Gasteiger partial charge in [0.25, 0.3) is 5.91 Å². The molecule has 0 saturated carbocycles. The fourth-order valence-electron chi connectivity index (χ4n) is 4.17. The molecule has 2 heterocycles. The number of likely N-dealkylation sites (N-methyl/N-ethyl adjacent to an activating group) is 1. The Kier molecular flexibility index (Phi) is 7.31. The summed E-state index contributed by atoms with van der Waals surface area (Å²) in [6.45, 7) is 0.951. The molecule has 3 unspecified atom stereocenters. The molecule has 1 aromatic carbocycles. The van der Waals surface area contributed by atoms with E-state index in [2.05, 4.69) is 15.8 Å². The van der Waals surface area contributed by atoms with Crippen molar-refractivity contribution < 1.29 is 27.9 Å². The highest BCUT2D eigenvalue weighted by atomic mass is 19.3. The number of carbonyl (C=O) groups is 3. The van der Waals surface area contributed by atoms with E-state index in [9.17, 15) is 28.4 Å². The summed E-state index contributed by atoms with van der Waals surface area (Å²) in [6, 6.07) is 6.43. The van der Waals surface area contributed by atoms with Crippen molar-refractivity contribution in [3.63, 3.8) is 0 Å². The molecular weight excluding hydrogens is 434 g/mol. The van der Waals surface area contributed by atoms with Gasteiger partial charge in [0.2, 0.25) is 5.91 Å². The molecular formula is C23H26F2N4O4. The third kappa shape index (κ3) is 5.13. The summed E-state index contributed by atoms with van der Waals surface area (Å²) in [7, 11) is 1.49. The fraction of sp³-hybridized carbons (Fsp3) is 0.478. The van der Waals surface area contributed by atoms with Crippen LogP contribution in [0, 0.1) is 23.2 Å². The van der Waals surface area contributed by atoms with Gasteiger partial charge in [-0.05, 0) is 37.0 Å². The van der Waals surface area contributed by atoms with Gasteiger partial charge in [0.05, 0.1) is 6.07 Å². The lowest BCUT2D eigenvalue weighted by Gasteiger charge is -2.32. The second-order valence-electron chi connectivity index (χ2n) is 8.61. The Balaban J connectivity index is 1.90. The van der Waals surface area contributed by atoms with Crippen molar-refractivity contribution in [3.8, 4) is 11.8 Å². The Morgan fingerprint density at radius 1 is 1.39 bits per heavy atom. The molecule has 0 aliphatic carbocycles. The second kappa shape index (κ2) is 9.98. The Hall–Kier alpha value is -3.48. The minimum Gasteiger partial charge on any atom is -0.434 e. The monoisotopic (exact) mass is 460 g/mol. The predicted octanol–water partition coefficient (Wildman–Crippen LogP) is 3.20. The number of amides is 2. The van der Waals surface area contributed by atoms with Crippen LogP contribution in [0.5, 0.6) is 5.75 Å². The summed E-state index contributed by atoms with van der Waals surface area (Å²) < 4.78 is 30.0. The van der Waals surface area contributed by atoms with Crippen molar-refractivity contribution >= 4 is 29.0 Å². The Labute approximate surface area is 190 Å². The number of nitriles is 1. The number of aromatic amines is 1. The molecule has 10 heteroatoms. The molecule has 33 heavy (non-hydrogen) atoms. The van der Waals surface area contributed by atoms with E-state index >= 15 is 0 Å². The normalized spacial score (nSPS) is 19.0. The third-order valence-corrected chi connectivity index (χ3v) is 5.80. The average molecular weight is 460 g/mol. The highest BCUT2D eigenvalue weighted by Crippen LogP contribution is 2.29. The number of nitrogens with zero attached hydrogens (tertiary/aromatic N) is 3. The van der Waals surface area contributed by atoms with Crippen molar-refractivity contribution in [1.29, 1.82) is 5.26 Å². The van der Waals surface area contributed by atoms with Gasteiger partial charge in [0.15, 0.2) is 0 Å². The molecule has 1 fully saturated rings. The molecule has 3 rings (SSSR count). The molecule has 0 spiro atoms. The zero-order valence-electron chi connectivity index (χ0n) is 18.6. The van der Waals surface area contributed by atoms with Crippen LogP contribution in [0.4, 0.5) is 8.78 Å². The SMILES string of the molecule is CC(C)CC(C(=O)N1CC(C=O)CC1C#N)N(C)C(=O)c1cc2c(OC(F)F)cccc2[nH]1. The summed E-state index contributed by atoms with van der Waals surface area (Å²) in [6.07, 6.45) is 1.36. The van der Waals surface area contributed by atoms with E-state index in [1.165, 1.54) is 35.0 Å². The third-order valence-electron chi connectivity index (χ3n) is 5.80. The highest BCUT2D eigenvalue weighted by molar-refractivity contribution is 6.01. The van der Waals surface area contributed by atoms with E-state index in [0.29, 0.717) is 17.3 Å². The molecule has 1 aromatic heterocycles. The number of aromatic nitrogens is 1. The Morgan fingerprint density at radius 2 is 2.12 bits per heavy atom. The molecule has 176 valence electrons. The number of benzene rings is 1. The second-order valence-corrected chi connectivity index (χ2v) is 8.61. The van der Waals surface area contributed by atoms with Crippen LogP contribution < -0.4 is 4.74 Å². The molecule has 2 amide bonds. The summed E-state index contributed by atoms with van der Waals surface area (Å²) in [5.41, 5.74) is 0.554. The number of H-pyrrole nitrogens is 1. The van der Waals surface area contributed by atoms with E-state index in [1.54, 1.807) is 6.07 Å². The zero-order chi connectivity index (χ0) is 24.3. The molecule has 1 aliphatic rings. The number of aldehydes is 1. The smallest absolute Gasteiger partial charge is 0.387 e. The lowest BCUT2D eigenvalue weighted by atomic mass is 10.0. The number of halogens is 2. The molecule has 3 atom stereocenters. The van der Waals surface area contributed by atoms with Crippen LogP contribution in [0.3, 0.4) is 0 Å². The van der Waals surface area contributed by atoms with Crippen molar-refractivity contribution in [2.45, 2.75) is 45.4 Å². The minimum absolute atomic E-state index is 0.0629. The number of hydrogen-bond donors (Lipinski definition) is 1. The maximum absolute atomic E-state index is 13.4. The van der Waals surface area contributed by atoms with E-state index in [1.807, 2.05) is 13.8 Å². The van der Waals surface area contributed by atoms with E-state index in [4.69, 9.17) is 0 Å². The number of nitrogens with one attached hydrogen (secondary N) is 1. The molecule has 0 bridgehead atoms. The Bertz CT molecular complexity index is 1080. The fourth-order valence-corrected chi connectivity index (χ4v) is 4.17. The van der Waals surface area contributed by atoms with Gasteiger partial charge in [-0.15, -0.1) is 0 Å². The van der Waals surface area contributed by atoms with Gasteiger partial charge in [0, 0.05) is 30.4 Å². The van der Waals surface area contributed by atoms with Gasteiger partial charge in [-0.25, -0.2) is 0 Å². The number of alkyl halides is 2. The van der Waals surface area contributed by atoms with Crippen molar-refractivity contribution in [2.24, 2.45) is 11.8 Å². The van der Waals surface area contributed by atoms with Crippen LogP contribution in [0.25, 0.3) is 10.9 Å². The standard InChI is InChI=1S/C23H26F2N4O4/c1-13(2)7-19(22(32)29-11-14(12-30)8-15(29)10-26)28(3)21(31)18-9-16-17(27-18)5-4-6-20(16)33-23(24)25/h4-6,9,12-15,19,23,27H,7-8,11H2,1-3H3. The maximum Gasteiger partial charge on any atom is 0.387 e. The summed E-state index contributed by atoms with van der Waals surface area (Å²) in [5, 5.41) is 9.77. The first kappa shape index (κ1) is 24.2. The average Bonchev–Trinajstić information content (AvgIpc) is 3.40. The van der Waals surface area contributed by atoms with Gasteiger partial charge >= 0.3 is 6.61 Å². The number of carbonyl (C=O) groups excluding carboxylic acids is 3. The predicted molar refractivity (Wildman–Crippen MR) is 116 cm³/mol. The molecule has 2 aromatic rings. The topological polar surface area (TPSA) is 106 Å². The van der Waals surface area contributed by atoms with Gasteiger partial charge in [-0.1, -0.05) is 19.9 Å². The first-order chi connectivity index (χ1) is 15.7. The number of rotatable bonds is 8. The van der Waals surface area contributed by atoms with Gasteiger partial charge < -0.3 is 24.3 Å².